The summed E-state index contributed by atoms with van der Waals surface area (Å²) in [6, 6.07) is 0. The minimum Gasteiger partial charge on any atom is -0.463 e. The number of ether oxygens (including phenoxy) is 4. The monoisotopic (exact) mass is 398 g/mol. The molecule has 0 radical (unpaired) electrons. The third-order valence-corrected chi connectivity index (χ3v) is 4.50. The van der Waals surface area contributed by atoms with E-state index in [1.54, 1.807) is 6.92 Å². The number of hydrogen-bond acceptors (Lipinski definition) is 12. The molecule has 158 valence electrons. The topological polar surface area (TPSA) is 196 Å². The fraction of sp³-hybridized carbons (Fsp3) is 0.933. The molecule has 2 aliphatic rings. The van der Waals surface area contributed by atoms with E-state index >= 15 is 0 Å². The zero-order valence-corrected chi connectivity index (χ0v) is 14.6. The Hall–Kier alpha value is -0.930. The van der Waals surface area contributed by atoms with Gasteiger partial charge in [-0.1, -0.05) is 6.92 Å². The molecule has 0 aromatic heterocycles. The average Bonchev–Trinajstić information content (AvgIpc) is 2.66. The van der Waals surface area contributed by atoms with Crippen LogP contribution in [0.3, 0.4) is 0 Å². The van der Waals surface area contributed by atoms with Gasteiger partial charge in [0, 0.05) is 6.42 Å². The summed E-state index contributed by atoms with van der Waals surface area (Å²) in [5, 5.41) is 68.6. The van der Waals surface area contributed by atoms with E-state index in [1.165, 1.54) is 0 Å². The molecule has 27 heavy (non-hydrogen) atoms. The molecule has 2 rings (SSSR count). The van der Waals surface area contributed by atoms with Crippen molar-refractivity contribution in [1.82, 2.24) is 0 Å². The van der Waals surface area contributed by atoms with Crippen LogP contribution in [-0.4, -0.2) is 116 Å². The molecule has 2 heterocycles. The molecule has 10 atom stereocenters. The van der Waals surface area contributed by atoms with Crippen molar-refractivity contribution in [1.29, 1.82) is 0 Å². The molecule has 0 bridgehead atoms. The molecule has 2 saturated heterocycles. The maximum absolute atomic E-state index is 11.3. The summed E-state index contributed by atoms with van der Waals surface area (Å²) in [7, 11) is 0. The van der Waals surface area contributed by atoms with Crippen molar-refractivity contribution in [3.05, 3.63) is 0 Å². The lowest BCUT2D eigenvalue weighted by atomic mass is 9.97. The number of carbonyl (C=O) groups is 1. The zero-order chi connectivity index (χ0) is 20.3. The second-order valence-corrected chi connectivity index (χ2v) is 6.38. The van der Waals surface area contributed by atoms with Crippen molar-refractivity contribution in [2.75, 3.05) is 13.2 Å². The van der Waals surface area contributed by atoms with Crippen molar-refractivity contribution < 1.29 is 59.5 Å². The molecular weight excluding hydrogens is 372 g/mol. The molecule has 2 aliphatic heterocycles. The smallest absolute Gasteiger partial charge is 0.305 e. The van der Waals surface area contributed by atoms with Crippen LogP contribution < -0.4 is 0 Å². The Morgan fingerprint density at radius 3 is 2.15 bits per heavy atom. The van der Waals surface area contributed by atoms with E-state index < -0.39 is 80.6 Å². The Morgan fingerprint density at radius 1 is 0.889 bits per heavy atom. The van der Waals surface area contributed by atoms with Gasteiger partial charge in [0.05, 0.1) is 6.61 Å². The van der Waals surface area contributed by atoms with Crippen molar-refractivity contribution in [2.24, 2.45) is 0 Å². The highest BCUT2D eigenvalue weighted by Gasteiger charge is 2.50. The zero-order valence-electron chi connectivity index (χ0n) is 14.6. The van der Waals surface area contributed by atoms with Crippen LogP contribution in [0, 0.1) is 0 Å². The summed E-state index contributed by atoms with van der Waals surface area (Å²) in [6.07, 6.45) is -15.8. The molecule has 12 heteroatoms. The van der Waals surface area contributed by atoms with Gasteiger partial charge in [0.2, 0.25) is 0 Å². The van der Waals surface area contributed by atoms with E-state index in [0.29, 0.717) is 0 Å². The number of hydrogen-bond donors (Lipinski definition) is 7. The predicted octanol–water partition coefficient (Wildman–Crippen LogP) is -4.44. The number of rotatable bonds is 6. The largest absolute Gasteiger partial charge is 0.463 e. The predicted molar refractivity (Wildman–Crippen MR) is 82.8 cm³/mol. The summed E-state index contributed by atoms with van der Waals surface area (Å²) in [6.45, 7) is 0.438. The molecule has 0 amide bonds. The van der Waals surface area contributed by atoms with Gasteiger partial charge >= 0.3 is 5.97 Å². The molecule has 12 nitrogen and oxygen atoms in total. The van der Waals surface area contributed by atoms with E-state index in [1.807, 2.05) is 0 Å². The average molecular weight is 398 g/mol. The van der Waals surface area contributed by atoms with E-state index in [2.05, 4.69) is 0 Å². The highest BCUT2D eigenvalue weighted by atomic mass is 16.7. The third kappa shape index (κ3) is 4.92. The Kier molecular flexibility index (Phi) is 7.88. The highest BCUT2D eigenvalue weighted by Crippen LogP contribution is 2.28. The second kappa shape index (κ2) is 9.52. The number of aliphatic hydroxyl groups excluding tert-OH is 7. The lowest BCUT2D eigenvalue weighted by Gasteiger charge is -2.45. The standard InChI is InChI=1S/C15H26O12/c1-2-7(17)24-4-6-8(18)9(19)12(22)15(26-6)27-13-5(3-16)25-14(23)11(21)10(13)20/h5-6,8-16,18-23H,2-4H2,1H3/t5-,6-,8+,9+,10-,11-,12-,13-,14?,15+/m1/s1. The van der Waals surface area contributed by atoms with Gasteiger partial charge in [-0.25, -0.2) is 0 Å². The Balaban J connectivity index is 2.09. The Bertz CT molecular complexity index is 487. The maximum atomic E-state index is 11.3. The van der Waals surface area contributed by atoms with Crippen LogP contribution in [0.2, 0.25) is 0 Å². The summed E-state index contributed by atoms with van der Waals surface area (Å²) >= 11 is 0. The molecule has 0 aromatic rings. The molecule has 2 fully saturated rings. The van der Waals surface area contributed by atoms with Crippen LogP contribution in [0.4, 0.5) is 0 Å². The molecule has 7 N–H and O–H groups in total. The molecule has 1 unspecified atom stereocenters. The van der Waals surface area contributed by atoms with Crippen LogP contribution in [0.15, 0.2) is 0 Å². The quantitative estimate of drug-likeness (QED) is 0.212. The van der Waals surface area contributed by atoms with Gasteiger partial charge in [-0.05, 0) is 0 Å². The summed E-state index contributed by atoms with van der Waals surface area (Å²) in [5.41, 5.74) is 0. The summed E-state index contributed by atoms with van der Waals surface area (Å²) in [5.74, 6) is -0.572. The number of esters is 1. The van der Waals surface area contributed by atoms with Crippen molar-refractivity contribution in [3.8, 4) is 0 Å². The summed E-state index contributed by atoms with van der Waals surface area (Å²) in [4.78, 5) is 11.3. The first-order valence-electron chi connectivity index (χ1n) is 8.52. The van der Waals surface area contributed by atoms with E-state index in [9.17, 15) is 40.5 Å². The van der Waals surface area contributed by atoms with Gasteiger partial charge < -0.3 is 54.7 Å². The molecular formula is C15H26O12. The minimum absolute atomic E-state index is 0.0813. The van der Waals surface area contributed by atoms with Gasteiger partial charge in [0.1, 0.15) is 55.4 Å². The van der Waals surface area contributed by atoms with Crippen molar-refractivity contribution in [2.45, 2.75) is 74.8 Å². The van der Waals surface area contributed by atoms with Gasteiger partial charge in [0.25, 0.3) is 0 Å². The van der Waals surface area contributed by atoms with Crippen LogP contribution in [0.5, 0.6) is 0 Å². The van der Waals surface area contributed by atoms with Crippen molar-refractivity contribution >= 4 is 5.97 Å². The Labute approximate surface area is 154 Å². The van der Waals surface area contributed by atoms with Crippen LogP contribution in [0.25, 0.3) is 0 Å². The highest BCUT2D eigenvalue weighted by molar-refractivity contribution is 5.68. The van der Waals surface area contributed by atoms with Crippen LogP contribution in [-0.2, 0) is 23.7 Å². The van der Waals surface area contributed by atoms with Crippen LogP contribution in [0.1, 0.15) is 13.3 Å². The van der Waals surface area contributed by atoms with Crippen LogP contribution >= 0.6 is 0 Å². The minimum atomic E-state index is -1.76. The number of carbonyl (C=O) groups excluding carboxylic acids is 1. The van der Waals surface area contributed by atoms with Crippen molar-refractivity contribution in [3.63, 3.8) is 0 Å². The molecule has 0 saturated carbocycles. The molecule has 0 aromatic carbocycles. The van der Waals surface area contributed by atoms with Gasteiger partial charge in [0.15, 0.2) is 12.6 Å². The third-order valence-electron chi connectivity index (χ3n) is 4.50. The normalized spacial score (nSPS) is 45.5. The lowest BCUT2D eigenvalue weighted by molar-refractivity contribution is -0.355. The van der Waals surface area contributed by atoms with E-state index in [-0.39, 0.29) is 6.42 Å². The molecule has 0 spiro atoms. The Morgan fingerprint density at radius 2 is 1.56 bits per heavy atom. The fourth-order valence-corrected chi connectivity index (χ4v) is 2.83. The first kappa shape index (κ1) is 22.4. The first-order valence-corrected chi connectivity index (χ1v) is 8.52. The second-order valence-electron chi connectivity index (χ2n) is 6.38. The van der Waals surface area contributed by atoms with E-state index in [4.69, 9.17) is 18.9 Å². The van der Waals surface area contributed by atoms with E-state index in [0.717, 1.165) is 0 Å². The fourth-order valence-electron chi connectivity index (χ4n) is 2.83. The SMILES string of the molecule is CCC(=O)OC[C@H]1O[C@@H](O[C@H]2[C@H](O)[C@@H](O)C(O)O[C@@H]2CO)[C@H](O)[C@@H](O)[C@H]1O. The van der Waals surface area contributed by atoms with Gasteiger partial charge in [-0.15, -0.1) is 0 Å². The first-order chi connectivity index (χ1) is 12.7. The molecule has 0 aliphatic carbocycles. The van der Waals surface area contributed by atoms with Gasteiger partial charge in [-0.2, -0.15) is 0 Å². The lowest BCUT2D eigenvalue weighted by Crippen LogP contribution is -2.64. The van der Waals surface area contributed by atoms with Gasteiger partial charge in [-0.3, -0.25) is 4.79 Å². The maximum Gasteiger partial charge on any atom is 0.305 e. The number of aliphatic hydroxyl groups is 7. The summed E-state index contributed by atoms with van der Waals surface area (Å²) < 4.78 is 20.5.